The van der Waals surface area contributed by atoms with Crippen LogP contribution in [0.1, 0.15) is 0 Å². The molecule has 2 aliphatic heterocycles. The molecule has 0 aliphatic carbocycles. The van der Waals surface area contributed by atoms with Gasteiger partial charge in [0.2, 0.25) is 0 Å². The van der Waals surface area contributed by atoms with Crippen LogP contribution < -0.4 is 9.46 Å². The molecule has 2 aromatic carbocycles. The molecule has 268 valence electrons. The van der Waals surface area contributed by atoms with Crippen molar-refractivity contribution in [2.75, 3.05) is 19.8 Å². The van der Waals surface area contributed by atoms with Gasteiger partial charge < -0.3 is 24.1 Å². The van der Waals surface area contributed by atoms with Gasteiger partial charge in [-0.2, -0.15) is 18.2 Å². The van der Waals surface area contributed by atoms with E-state index in [0.717, 1.165) is 6.04 Å². The molecule has 0 bridgehead atoms. The van der Waals surface area contributed by atoms with Gasteiger partial charge in [0.25, 0.3) is 0 Å². The predicted octanol–water partition coefficient (Wildman–Crippen LogP) is 5.31. The van der Waals surface area contributed by atoms with Crippen molar-refractivity contribution < 1.29 is 46.2 Å². The number of alkyl halides is 3. The topological polar surface area (TPSA) is 134 Å². The molecule has 0 radical (unpaired) electrons. The summed E-state index contributed by atoms with van der Waals surface area (Å²) in [4.78, 5) is 20.9. The van der Waals surface area contributed by atoms with Crippen LogP contribution >= 0.6 is 11.6 Å². The average Bonchev–Trinajstić information content (AvgIpc) is 3.72. The van der Waals surface area contributed by atoms with Crippen LogP contribution in [-0.2, 0) is 35.4 Å². The van der Waals surface area contributed by atoms with Crippen molar-refractivity contribution >= 4 is 52.3 Å². The fourth-order valence-electron chi connectivity index (χ4n) is 5.60. The van der Waals surface area contributed by atoms with Crippen molar-refractivity contribution in [3.05, 3.63) is 59.6 Å². The number of carbonyl (C=O) groups is 1. The molecule has 5 atom stereocenters. The molecule has 2 saturated heterocycles. The lowest BCUT2D eigenvalue weighted by molar-refractivity contribution is -0.171. The Labute approximate surface area is 292 Å². The number of aliphatic hydroxyl groups excluding tert-OH is 1. The summed E-state index contributed by atoms with van der Waals surface area (Å²) in [6.07, 6.45) is -7.37. The summed E-state index contributed by atoms with van der Waals surface area (Å²) >= 11 is 6.74. The van der Waals surface area contributed by atoms with Crippen molar-refractivity contribution in [2.45, 2.75) is 67.9 Å². The lowest BCUT2D eigenvalue weighted by atomic mass is 10.0. The normalized spacial score (nSPS) is 22.0. The maximum atomic E-state index is 12.9. The number of nitrogens with one attached hydrogen (secondary N) is 1. The molecule has 50 heavy (non-hydrogen) atoms. The minimum Gasteiger partial charge on any atom is -0.456 e. The van der Waals surface area contributed by atoms with E-state index in [2.05, 4.69) is 30.5 Å². The average molecular weight is 753 g/mol. The molecule has 1 unspecified atom stereocenters. The van der Waals surface area contributed by atoms with Gasteiger partial charge in [-0.1, -0.05) is 67.6 Å². The Morgan fingerprint density at radius 3 is 2.48 bits per heavy atom. The van der Waals surface area contributed by atoms with E-state index in [1.807, 2.05) is 0 Å². The van der Waals surface area contributed by atoms with E-state index in [-0.39, 0.29) is 30.9 Å². The molecular weight excluding hydrogens is 717 g/mol. The van der Waals surface area contributed by atoms with Gasteiger partial charge in [0.15, 0.2) is 11.8 Å². The third-order valence-electron chi connectivity index (χ3n) is 8.32. The lowest BCUT2D eigenvalue weighted by Crippen LogP contribution is -2.40. The molecule has 0 saturated carbocycles. The molecular formula is C33H36ClF3N4O7SSi. The number of nitrogens with zero attached hydrogens (tertiary/aromatic N) is 3. The predicted molar refractivity (Wildman–Crippen MR) is 185 cm³/mol. The first kappa shape index (κ1) is 36.3. The van der Waals surface area contributed by atoms with Crippen LogP contribution in [0.5, 0.6) is 6.01 Å². The minimum atomic E-state index is -5.21. The monoisotopic (exact) mass is 752 g/mol. The molecule has 4 aromatic rings. The zero-order chi connectivity index (χ0) is 36.0. The Bertz CT molecular complexity index is 2010. The molecule has 6 rings (SSSR count). The largest absolute Gasteiger partial charge is 0.472 e. The van der Waals surface area contributed by atoms with E-state index in [0.29, 0.717) is 45.2 Å². The zero-order valence-electron chi connectivity index (χ0n) is 27.4. The number of benzene rings is 2. The second-order valence-electron chi connectivity index (χ2n) is 13.4. The standard InChI is InChI=1S/C33H36ClF3N4O7SSi/c1-49(44,40-31(43)33(35,36)37)22-7-5-6-21(14-22)19-8-10-20(11-9-19)27-23(34)15-24-30(39-27)41(18-45-12-13-50(2,3)4)32(38-24)48-26-17-47-28-25(42)16-46-29(26)28/h5-11,14-15,25-26,28-29,42H,1,12-13,16-18H2,2-4H3,(H,40,43,44)/t25-,26-,28-,29-,49?/m1/s1. The summed E-state index contributed by atoms with van der Waals surface area (Å²) in [6.45, 7) is 7.82. The fraction of sp³-hybridized carbons (Fsp3) is 0.394. The smallest absolute Gasteiger partial charge is 0.456 e. The number of hydrogen-bond donors (Lipinski definition) is 2. The molecule has 2 aliphatic rings. The number of halogens is 4. The van der Waals surface area contributed by atoms with Crippen LogP contribution in [0.15, 0.2) is 59.5 Å². The van der Waals surface area contributed by atoms with E-state index < -0.39 is 54.3 Å². The summed E-state index contributed by atoms with van der Waals surface area (Å²) in [5.74, 6) is 0.995. The van der Waals surface area contributed by atoms with E-state index in [1.54, 1.807) is 41.0 Å². The quantitative estimate of drug-likeness (QED) is 0.119. The number of hydrogen-bond acceptors (Lipinski definition) is 9. The Morgan fingerprint density at radius 1 is 1.08 bits per heavy atom. The van der Waals surface area contributed by atoms with E-state index >= 15 is 0 Å². The summed E-state index contributed by atoms with van der Waals surface area (Å²) in [5, 5.41) is 10.5. The van der Waals surface area contributed by atoms with Crippen molar-refractivity contribution in [1.82, 2.24) is 19.3 Å². The van der Waals surface area contributed by atoms with Gasteiger partial charge >= 0.3 is 18.1 Å². The summed E-state index contributed by atoms with van der Waals surface area (Å²) in [6, 6.07) is 15.9. The van der Waals surface area contributed by atoms with Crippen LogP contribution in [0.2, 0.25) is 30.7 Å². The highest BCUT2D eigenvalue weighted by Gasteiger charge is 2.49. The number of amides is 1. The van der Waals surface area contributed by atoms with E-state index in [9.17, 15) is 27.3 Å². The van der Waals surface area contributed by atoms with Crippen molar-refractivity contribution in [3.63, 3.8) is 0 Å². The van der Waals surface area contributed by atoms with Gasteiger partial charge in [-0.05, 0) is 41.2 Å². The summed E-state index contributed by atoms with van der Waals surface area (Å²) < 4.78 is 78.4. The summed E-state index contributed by atoms with van der Waals surface area (Å²) in [5.41, 5.74) is 3.25. The second-order valence-corrected chi connectivity index (χ2v) is 21.4. The number of rotatable bonds is 11. The molecule has 2 fully saturated rings. The van der Waals surface area contributed by atoms with Gasteiger partial charge in [-0.25, -0.2) is 9.19 Å². The van der Waals surface area contributed by atoms with Crippen LogP contribution in [0.25, 0.3) is 33.5 Å². The van der Waals surface area contributed by atoms with Gasteiger partial charge in [-0.3, -0.25) is 14.1 Å². The highest BCUT2D eigenvalue weighted by molar-refractivity contribution is 7.99. The Kier molecular flexibility index (Phi) is 10.1. The van der Waals surface area contributed by atoms with Crippen molar-refractivity contribution in [3.8, 4) is 28.4 Å². The molecule has 17 heteroatoms. The zero-order valence-corrected chi connectivity index (χ0v) is 30.0. The van der Waals surface area contributed by atoms with Crippen LogP contribution in [-0.4, -0.2) is 94.1 Å². The second kappa shape index (κ2) is 13.9. The summed E-state index contributed by atoms with van der Waals surface area (Å²) in [7, 11) is -5.14. The maximum absolute atomic E-state index is 12.9. The number of ether oxygens (including phenoxy) is 4. The molecule has 4 heterocycles. The Morgan fingerprint density at radius 2 is 1.78 bits per heavy atom. The van der Waals surface area contributed by atoms with Crippen molar-refractivity contribution in [2.24, 2.45) is 0 Å². The highest BCUT2D eigenvalue weighted by atomic mass is 35.5. The number of carbonyl (C=O) groups excluding carboxylic acids is 1. The number of imidazole rings is 1. The fourth-order valence-corrected chi connectivity index (χ4v) is 7.76. The number of fused-ring (bicyclic) bond motifs is 2. The Hall–Kier alpha value is -3.51. The van der Waals surface area contributed by atoms with E-state index in [1.165, 1.54) is 22.9 Å². The van der Waals surface area contributed by atoms with Crippen LogP contribution in [0.4, 0.5) is 13.2 Å². The first-order valence-electron chi connectivity index (χ1n) is 15.7. The van der Waals surface area contributed by atoms with Gasteiger partial charge in [-0.15, -0.1) is 0 Å². The van der Waals surface area contributed by atoms with Crippen molar-refractivity contribution in [1.29, 1.82) is 0 Å². The third kappa shape index (κ3) is 7.86. The molecule has 2 N–H and O–H groups in total. The number of aromatic nitrogens is 3. The molecule has 11 nitrogen and oxygen atoms in total. The first-order chi connectivity index (χ1) is 23.5. The molecule has 0 spiro atoms. The lowest BCUT2D eigenvalue weighted by Gasteiger charge is -2.19. The first-order valence-corrected chi connectivity index (χ1v) is 21.5. The van der Waals surface area contributed by atoms with Crippen LogP contribution in [0, 0.1) is 0 Å². The highest BCUT2D eigenvalue weighted by Crippen LogP contribution is 2.35. The van der Waals surface area contributed by atoms with E-state index in [4.69, 9.17) is 35.5 Å². The molecule has 1 amide bonds. The number of aliphatic hydroxyl groups is 1. The van der Waals surface area contributed by atoms with Gasteiger partial charge in [0, 0.05) is 20.2 Å². The minimum absolute atomic E-state index is 0.0689. The third-order valence-corrected chi connectivity index (χ3v) is 11.8. The maximum Gasteiger partial charge on any atom is 0.472 e. The van der Waals surface area contributed by atoms with Gasteiger partial charge in [0.05, 0.1) is 38.5 Å². The SMILES string of the molecule is C=S(=O)(NC(=O)C(F)(F)F)c1cccc(-c2ccc(-c3nc4c(cc3Cl)nc(O[C@@H]3CO[C@H]5[C@@H]3OC[C@H]5O)n4COCC[Si](C)(C)C)cc2)c1. The number of pyridine rings is 1. The van der Waals surface area contributed by atoms with Crippen LogP contribution in [0.3, 0.4) is 0 Å². The Balaban J connectivity index is 1.28. The van der Waals surface area contributed by atoms with Gasteiger partial charge in [0.1, 0.15) is 30.6 Å². The molecule has 2 aromatic heterocycles.